The van der Waals surface area contributed by atoms with Crippen molar-refractivity contribution in [2.24, 2.45) is 50.7 Å². The number of hydrogen-bond donors (Lipinski definition) is 0. The van der Waals surface area contributed by atoms with E-state index < -0.39 is 5.60 Å². The molecule has 0 radical (unpaired) electrons. The summed E-state index contributed by atoms with van der Waals surface area (Å²) in [6.45, 7) is 17.8. The van der Waals surface area contributed by atoms with Gasteiger partial charge in [0.25, 0.3) is 0 Å². The molecule has 5 fully saturated rings. The van der Waals surface area contributed by atoms with E-state index in [9.17, 15) is 14.4 Å². The van der Waals surface area contributed by atoms with Crippen molar-refractivity contribution >= 4 is 17.5 Å². The first kappa shape index (κ1) is 25.5. The van der Waals surface area contributed by atoms with E-state index in [1.54, 1.807) is 0 Å². The van der Waals surface area contributed by atoms with Crippen molar-refractivity contribution in [1.29, 1.82) is 0 Å². The van der Waals surface area contributed by atoms with Crippen LogP contribution in [0.15, 0.2) is 0 Å². The molecule has 5 aliphatic carbocycles. The van der Waals surface area contributed by atoms with Crippen molar-refractivity contribution in [3.05, 3.63) is 0 Å². The molecule has 0 N–H and O–H groups in total. The lowest BCUT2D eigenvalue weighted by atomic mass is 9.32. The van der Waals surface area contributed by atoms with E-state index in [1.807, 2.05) is 0 Å². The lowest BCUT2D eigenvalue weighted by Gasteiger charge is -2.72. The highest BCUT2D eigenvalue weighted by Gasteiger charge is 2.72. The van der Waals surface area contributed by atoms with Crippen LogP contribution in [0, 0.1) is 50.7 Å². The summed E-state index contributed by atoms with van der Waals surface area (Å²) in [4.78, 5) is 39.6. The second-order valence-electron chi connectivity index (χ2n) is 15.4. The van der Waals surface area contributed by atoms with Gasteiger partial charge in [0.15, 0.2) is 0 Å². The average Bonchev–Trinajstić information content (AvgIpc) is 2.73. The molecule has 0 spiro atoms. The Bertz CT molecular complexity index is 963. The summed E-state index contributed by atoms with van der Waals surface area (Å²) >= 11 is 0. The summed E-state index contributed by atoms with van der Waals surface area (Å²) in [6, 6.07) is 0. The number of carbonyl (C=O) groups excluding carboxylic acids is 3. The van der Waals surface area contributed by atoms with Gasteiger partial charge in [-0.25, -0.2) is 0 Å². The first-order chi connectivity index (χ1) is 16.0. The van der Waals surface area contributed by atoms with Gasteiger partial charge in [0, 0.05) is 37.0 Å². The van der Waals surface area contributed by atoms with Gasteiger partial charge < -0.3 is 4.74 Å². The Kier molecular flexibility index (Phi) is 5.41. The van der Waals surface area contributed by atoms with Crippen LogP contribution >= 0.6 is 0 Å². The molecule has 0 aromatic heterocycles. The van der Waals surface area contributed by atoms with Crippen LogP contribution in [0.25, 0.3) is 0 Å². The molecule has 4 heteroatoms. The molecule has 0 aliphatic heterocycles. The SMILES string of the molecule is CC(=O)O[C@]12CCC(C)(C)CC1C1C(=O)C[C@@H]3[C@@]4(C)CCC(=O)C(C)(C)[C@@H]4CC[C@@]3(C)[C@]1(C)CC2. The number of Topliss-reactive ketones (excluding diaryl/α,β-unsaturated/α-hetero) is 2. The van der Waals surface area contributed by atoms with Crippen LogP contribution in [0.4, 0.5) is 0 Å². The Morgan fingerprint density at radius 2 is 1.49 bits per heavy atom. The third kappa shape index (κ3) is 3.26. The second-order valence-corrected chi connectivity index (χ2v) is 15.4. The minimum absolute atomic E-state index is 0.0182. The average molecular weight is 485 g/mol. The van der Waals surface area contributed by atoms with E-state index in [0.717, 1.165) is 51.4 Å². The van der Waals surface area contributed by atoms with Crippen molar-refractivity contribution in [1.82, 2.24) is 0 Å². The van der Waals surface area contributed by atoms with Gasteiger partial charge in [0.05, 0.1) is 0 Å². The highest BCUT2D eigenvalue weighted by Crippen LogP contribution is 2.75. The fourth-order valence-electron chi connectivity index (χ4n) is 10.9. The Morgan fingerprint density at radius 3 is 2.14 bits per heavy atom. The largest absolute Gasteiger partial charge is 0.459 e. The Hall–Kier alpha value is -1.19. The molecule has 0 heterocycles. The Labute approximate surface area is 212 Å². The van der Waals surface area contributed by atoms with E-state index in [2.05, 4.69) is 48.5 Å². The molecule has 2 unspecified atom stereocenters. The topological polar surface area (TPSA) is 60.4 Å². The van der Waals surface area contributed by atoms with Crippen LogP contribution in [0.2, 0.25) is 0 Å². The van der Waals surface area contributed by atoms with Crippen LogP contribution in [-0.4, -0.2) is 23.1 Å². The zero-order valence-corrected chi connectivity index (χ0v) is 23.5. The fraction of sp³-hybridized carbons (Fsp3) is 0.903. The molecule has 196 valence electrons. The molecular formula is C31H48O4. The number of carbonyl (C=O) groups is 3. The van der Waals surface area contributed by atoms with Crippen LogP contribution in [-0.2, 0) is 19.1 Å². The van der Waals surface area contributed by atoms with E-state index in [0.29, 0.717) is 36.2 Å². The fourth-order valence-corrected chi connectivity index (χ4v) is 10.9. The molecule has 0 aromatic rings. The predicted octanol–water partition coefficient (Wildman–Crippen LogP) is 6.93. The number of ether oxygens (including phenoxy) is 1. The van der Waals surface area contributed by atoms with Crippen molar-refractivity contribution < 1.29 is 19.1 Å². The Balaban J connectivity index is 1.58. The molecule has 0 saturated heterocycles. The third-order valence-corrected chi connectivity index (χ3v) is 13.0. The molecule has 5 saturated carbocycles. The number of hydrogen-bond acceptors (Lipinski definition) is 4. The van der Waals surface area contributed by atoms with Gasteiger partial charge in [-0.2, -0.15) is 0 Å². The van der Waals surface area contributed by atoms with Crippen molar-refractivity contribution in [2.75, 3.05) is 0 Å². The quantitative estimate of drug-likeness (QED) is 0.379. The lowest BCUT2D eigenvalue weighted by Crippen LogP contribution is -2.70. The first-order valence-electron chi connectivity index (χ1n) is 14.3. The minimum Gasteiger partial charge on any atom is -0.459 e. The zero-order valence-electron chi connectivity index (χ0n) is 23.5. The summed E-state index contributed by atoms with van der Waals surface area (Å²) < 4.78 is 6.20. The Morgan fingerprint density at radius 1 is 0.829 bits per heavy atom. The minimum atomic E-state index is -0.481. The lowest BCUT2D eigenvalue weighted by molar-refractivity contribution is -0.250. The predicted molar refractivity (Wildman–Crippen MR) is 137 cm³/mol. The standard InChI is InChI=1S/C31H48O4/c1-19(32)35-31-15-13-26(2,3)18-20(31)25-21(33)17-23-28(6)11-10-24(34)27(4,5)22(28)9-12-29(23,7)30(25,8)14-16-31/h20,22-23,25H,9-18H2,1-8H3/t20?,22-,23+,25?,28-,29+,30+,31-/m0/s1. The van der Waals surface area contributed by atoms with Crippen molar-refractivity contribution in [3.8, 4) is 0 Å². The molecule has 5 aliphatic rings. The van der Waals surface area contributed by atoms with Crippen LogP contribution < -0.4 is 0 Å². The highest BCUT2D eigenvalue weighted by molar-refractivity contribution is 5.87. The molecule has 0 bridgehead atoms. The van der Waals surface area contributed by atoms with Gasteiger partial charge in [-0.1, -0.05) is 48.5 Å². The second kappa shape index (κ2) is 7.44. The summed E-state index contributed by atoms with van der Waals surface area (Å²) in [7, 11) is 0. The van der Waals surface area contributed by atoms with Crippen LogP contribution in [0.3, 0.4) is 0 Å². The number of rotatable bonds is 1. The van der Waals surface area contributed by atoms with Crippen LogP contribution in [0.1, 0.15) is 120 Å². The van der Waals surface area contributed by atoms with Gasteiger partial charge >= 0.3 is 5.97 Å². The summed E-state index contributed by atoms with van der Waals surface area (Å²) in [6.07, 6.45) is 9.04. The monoisotopic (exact) mass is 484 g/mol. The van der Waals surface area contributed by atoms with Gasteiger partial charge in [0.2, 0.25) is 0 Å². The zero-order chi connectivity index (χ0) is 25.8. The van der Waals surface area contributed by atoms with Gasteiger partial charge in [-0.05, 0) is 84.9 Å². The summed E-state index contributed by atoms with van der Waals surface area (Å²) in [5, 5.41) is 0. The molecule has 0 amide bonds. The normalized spacial score (nSPS) is 50.3. The molecule has 8 atom stereocenters. The van der Waals surface area contributed by atoms with Crippen molar-refractivity contribution in [3.63, 3.8) is 0 Å². The molecule has 35 heavy (non-hydrogen) atoms. The number of esters is 1. The first-order valence-corrected chi connectivity index (χ1v) is 14.3. The highest BCUT2D eigenvalue weighted by atomic mass is 16.6. The molecule has 4 nitrogen and oxygen atoms in total. The maximum atomic E-state index is 14.4. The van der Waals surface area contributed by atoms with Gasteiger partial charge in [0.1, 0.15) is 17.2 Å². The van der Waals surface area contributed by atoms with Gasteiger partial charge in [-0.15, -0.1) is 0 Å². The maximum Gasteiger partial charge on any atom is 0.303 e. The van der Waals surface area contributed by atoms with Gasteiger partial charge in [-0.3, -0.25) is 14.4 Å². The molecule has 0 aromatic carbocycles. The van der Waals surface area contributed by atoms with E-state index in [1.165, 1.54) is 6.92 Å². The third-order valence-electron chi connectivity index (χ3n) is 13.0. The van der Waals surface area contributed by atoms with Crippen LogP contribution in [0.5, 0.6) is 0 Å². The summed E-state index contributed by atoms with van der Waals surface area (Å²) in [5.74, 6) is 1.33. The number of ketones is 2. The summed E-state index contributed by atoms with van der Waals surface area (Å²) in [5.41, 5.74) is -0.664. The molecule has 5 rings (SSSR count). The number of fused-ring (bicyclic) bond motifs is 7. The van der Waals surface area contributed by atoms with E-state index >= 15 is 0 Å². The smallest absolute Gasteiger partial charge is 0.303 e. The maximum absolute atomic E-state index is 14.4. The van der Waals surface area contributed by atoms with Crippen molar-refractivity contribution in [2.45, 2.75) is 125 Å². The van der Waals surface area contributed by atoms with E-state index in [4.69, 9.17) is 4.74 Å². The van der Waals surface area contributed by atoms with E-state index in [-0.39, 0.29) is 44.9 Å². The molecular weight excluding hydrogens is 436 g/mol.